The number of aromatic amines is 1. The van der Waals surface area contributed by atoms with E-state index in [1.54, 1.807) is 0 Å². The van der Waals surface area contributed by atoms with Gasteiger partial charge in [0.2, 0.25) is 10.9 Å². The third-order valence-corrected chi connectivity index (χ3v) is 2.22. The number of hydrogen-bond acceptors (Lipinski definition) is 5. The molecule has 0 aliphatic carbocycles. The summed E-state index contributed by atoms with van der Waals surface area (Å²) in [4.78, 5) is 24.9. The Morgan fingerprint density at radius 3 is 2.41 bits per heavy atom. The highest BCUT2D eigenvalue weighted by atomic mass is 16.5. The van der Waals surface area contributed by atoms with E-state index in [0.29, 0.717) is 4.73 Å². The van der Waals surface area contributed by atoms with Crippen LogP contribution in [-0.2, 0) is 0 Å². The molecule has 17 heavy (non-hydrogen) atoms. The number of nitrogens with zero attached hydrogens (tertiary/aromatic N) is 1. The first kappa shape index (κ1) is 10.8. The van der Waals surface area contributed by atoms with Crippen molar-refractivity contribution in [3.05, 3.63) is 45.0 Å². The molecule has 0 bridgehead atoms. The van der Waals surface area contributed by atoms with Crippen LogP contribution < -0.4 is 10.9 Å². The van der Waals surface area contributed by atoms with Crippen molar-refractivity contribution in [2.75, 3.05) is 0 Å². The Labute approximate surface area is 93.8 Å². The average Bonchev–Trinajstić information content (AvgIpc) is 2.30. The second kappa shape index (κ2) is 3.71. The fourth-order valence-electron chi connectivity index (χ4n) is 1.40. The molecule has 0 aliphatic heterocycles. The Kier molecular flexibility index (Phi) is 2.36. The molecule has 0 aromatic carbocycles. The molecule has 0 saturated carbocycles. The van der Waals surface area contributed by atoms with E-state index < -0.39 is 22.4 Å². The van der Waals surface area contributed by atoms with Crippen LogP contribution in [0.25, 0.3) is 11.4 Å². The molecule has 0 radical (unpaired) electrons. The smallest absolute Gasteiger partial charge is 0.224 e. The highest BCUT2D eigenvalue weighted by molar-refractivity contribution is 5.67. The molecule has 4 N–H and O–H groups in total. The van der Waals surface area contributed by atoms with E-state index in [1.165, 1.54) is 6.20 Å². The molecule has 2 heterocycles. The third-order valence-electron chi connectivity index (χ3n) is 2.22. The maximum atomic E-state index is 11.2. The largest absolute Gasteiger partial charge is 0.503 e. The van der Waals surface area contributed by atoms with Crippen LogP contribution in [0.2, 0.25) is 0 Å². The van der Waals surface area contributed by atoms with Crippen molar-refractivity contribution >= 4 is 0 Å². The van der Waals surface area contributed by atoms with Crippen molar-refractivity contribution in [3.8, 4) is 22.9 Å². The molecule has 0 aliphatic rings. The molecule has 7 heteroatoms. The highest BCUT2D eigenvalue weighted by Crippen LogP contribution is 2.27. The summed E-state index contributed by atoms with van der Waals surface area (Å²) >= 11 is 0. The molecule has 0 saturated heterocycles. The summed E-state index contributed by atoms with van der Waals surface area (Å²) in [7, 11) is 0. The first-order valence-electron chi connectivity index (χ1n) is 4.57. The molecule has 2 aromatic rings. The molecular formula is C10H8N2O5. The quantitative estimate of drug-likeness (QED) is 0.514. The van der Waals surface area contributed by atoms with Gasteiger partial charge in [-0.15, -0.1) is 0 Å². The standard InChI is InChI=1S/C10H8N2O5/c13-5-1-3-11-7(9(5)15)8-10(16)6(14)2-4-12(8)17/h1-4,15-17H,(H,11,13). The minimum Gasteiger partial charge on any atom is -0.503 e. The first-order valence-corrected chi connectivity index (χ1v) is 4.57. The number of hydrogen-bond donors (Lipinski definition) is 4. The Morgan fingerprint density at radius 2 is 1.71 bits per heavy atom. The predicted octanol–water partition coefficient (Wildman–Crippen LogP) is -0.148. The van der Waals surface area contributed by atoms with Gasteiger partial charge in [0.1, 0.15) is 5.69 Å². The Bertz CT molecular complexity index is 686. The number of pyridine rings is 2. The molecule has 2 rings (SSSR count). The number of H-pyrrole nitrogens is 1. The molecule has 0 amide bonds. The lowest BCUT2D eigenvalue weighted by atomic mass is 10.2. The number of rotatable bonds is 1. The zero-order valence-electron chi connectivity index (χ0n) is 8.41. The van der Waals surface area contributed by atoms with Crippen molar-refractivity contribution in [2.45, 2.75) is 0 Å². The summed E-state index contributed by atoms with van der Waals surface area (Å²) < 4.78 is 0.432. The van der Waals surface area contributed by atoms with Crippen LogP contribution in [0.5, 0.6) is 11.5 Å². The Morgan fingerprint density at radius 1 is 1.06 bits per heavy atom. The predicted molar refractivity (Wildman–Crippen MR) is 57.3 cm³/mol. The molecule has 0 spiro atoms. The van der Waals surface area contributed by atoms with Gasteiger partial charge in [0.15, 0.2) is 17.2 Å². The lowest BCUT2D eigenvalue weighted by Gasteiger charge is -2.09. The van der Waals surface area contributed by atoms with E-state index in [-0.39, 0.29) is 11.4 Å². The van der Waals surface area contributed by atoms with Crippen LogP contribution >= 0.6 is 0 Å². The zero-order valence-corrected chi connectivity index (χ0v) is 8.41. The Hall–Kier alpha value is -2.70. The SMILES string of the molecule is O=c1cc[nH]c(-c2c(O)c(=O)ccn2O)c1O. The fourth-order valence-corrected chi connectivity index (χ4v) is 1.40. The average molecular weight is 236 g/mol. The molecule has 2 aromatic heterocycles. The van der Waals surface area contributed by atoms with E-state index >= 15 is 0 Å². The molecule has 0 fully saturated rings. The summed E-state index contributed by atoms with van der Waals surface area (Å²) in [5.41, 5.74) is -2.06. The second-order valence-electron chi connectivity index (χ2n) is 3.29. The minimum absolute atomic E-state index is 0.241. The van der Waals surface area contributed by atoms with Gasteiger partial charge >= 0.3 is 0 Å². The summed E-state index contributed by atoms with van der Waals surface area (Å²) in [6.07, 6.45) is 2.20. The minimum atomic E-state index is -0.771. The van der Waals surface area contributed by atoms with E-state index in [9.17, 15) is 25.0 Å². The van der Waals surface area contributed by atoms with Gasteiger partial charge in [0, 0.05) is 24.5 Å². The lowest BCUT2D eigenvalue weighted by molar-refractivity contribution is 0.185. The van der Waals surface area contributed by atoms with Gasteiger partial charge in [-0.25, -0.2) is 0 Å². The Balaban J connectivity index is 2.86. The first-order chi connectivity index (χ1) is 8.02. The summed E-state index contributed by atoms with van der Waals surface area (Å²) in [6, 6.07) is 2.01. The van der Waals surface area contributed by atoms with Gasteiger partial charge in [-0.2, -0.15) is 4.73 Å². The molecule has 88 valence electrons. The van der Waals surface area contributed by atoms with Crippen molar-refractivity contribution in [1.82, 2.24) is 9.71 Å². The fraction of sp³-hybridized carbons (Fsp3) is 0. The molecule has 7 nitrogen and oxygen atoms in total. The normalized spacial score (nSPS) is 10.4. The van der Waals surface area contributed by atoms with Crippen molar-refractivity contribution < 1.29 is 15.4 Å². The lowest BCUT2D eigenvalue weighted by Crippen LogP contribution is -2.10. The summed E-state index contributed by atoms with van der Waals surface area (Å²) in [5, 5.41) is 28.5. The monoisotopic (exact) mass is 236 g/mol. The van der Waals surface area contributed by atoms with Crippen LogP contribution in [0.1, 0.15) is 0 Å². The molecular weight excluding hydrogens is 228 g/mol. The second-order valence-corrected chi connectivity index (χ2v) is 3.29. The van der Waals surface area contributed by atoms with Gasteiger partial charge in [0.25, 0.3) is 0 Å². The van der Waals surface area contributed by atoms with Crippen LogP contribution in [0.4, 0.5) is 0 Å². The van der Waals surface area contributed by atoms with Gasteiger partial charge in [-0.05, 0) is 0 Å². The maximum absolute atomic E-state index is 11.2. The van der Waals surface area contributed by atoms with E-state index in [4.69, 9.17) is 0 Å². The highest BCUT2D eigenvalue weighted by Gasteiger charge is 2.17. The molecule has 0 unspecified atom stereocenters. The van der Waals surface area contributed by atoms with Gasteiger partial charge in [-0.1, -0.05) is 0 Å². The zero-order chi connectivity index (χ0) is 12.6. The molecule has 0 atom stereocenters. The van der Waals surface area contributed by atoms with E-state index in [2.05, 4.69) is 4.98 Å². The van der Waals surface area contributed by atoms with Crippen LogP contribution in [0.15, 0.2) is 34.1 Å². The van der Waals surface area contributed by atoms with Gasteiger partial charge < -0.3 is 20.4 Å². The van der Waals surface area contributed by atoms with Gasteiger partial charge in [-0.3, -0.25) is 9.59 Å². The van der Waals surface area contributed by atoms with E-state index in [0.717, 1.165) is 18.3 Å². The van der Waals surface area contributed by atoms with Crippen LogP contribution in [0.3, 0.4) is 0 Å². The number of nitrogens with one attached hydrogen (secondary N) is 1. The van der Waals surface area contributed by atoms with Crippen molar-refractivity contribution in [1.29, 1.82) is 0 Å². The van der Waals surface area contributed by atoms with Crippen molar-refractivity contribution in [2.24, 2.45) is 0 Å². The maximum Gasteiger partial charge on any atom is 0.224 e. The number of aromatic hydroxyl groups is 2. The topological polar surface area (TPSA) is 116 Å². The van der Waals surface area contributed by atoms with Gasteiger partial charge in [0.05, 0.1) is 0 Å². The van der Waals surface area contributed by atoms with E-state index in [1.807, 2.05) is 0 Å². The van der Waals surface area contributed by atoms with Crippen molar-refractivity contribution in [3.63, 3.8) is 0 Å². The summed E-state index contributed by atoms with van der Waals surface area (Å²) in [6.45, 7) is 0. The van der Waals surface area contributed by atoms with Crippen LogP contribution in [-0.4, -0.2) is 25.1 Å². The number of aromatic nitrogens is 2. The van der Waals surface area contributed by atoms with Crippen LogP contribution in [0, 0.1) is 0 Å². The summed E-state index contributed by atoms with van der Waals surface area (Å²) in [5.74, 6) is -1.47. The third kappa shape index (κ3) is 1.63.